The van der Waals surface area contributed by atoms with Crippen LogP contribution in [0.25, 0.3) is 0 Å². The quantitative estimate of drug-likeness (QED) is 0.358. The Morgan fingerprint density at radius 3 is 2.44 bits per heavy atom. The van der Waals surface area contributed by atoms with Crippen molar-refractivity contribution in [3.05, 3.63) is 39.9 Å². The lowest BCUT2D eigenvalue weighted by Gasteiger charge is -2.33. The van der Waals surface area contributed by atoms with Crippen LogP contribution < -0.4 is 5.32 Å². The number of piperidine rings is 1. The maximum absolute atomic E-state index is 10.8. The zero-order valence-corrected chi connectivity index (χ0v) is 15.8. The first-order valence-corrected chi connectivity index (χ1v) is 10.1. The topological polar surface area (TPSA) is 91.0 Å². The number of nitro benzene ring substituents is 1. The molecule has 1 heterocycles. The molecule has 1 aromatic carbocycles. The van der Waals surface area contributed by atoms with Gasteiger partial charge in [-0.25, -0.2) is 4.99 Å². The number of aliphatic hydroxyl groups is 1. The van der Waals surface area contributed by atoms with Gasteiger partial charge < -0.3 is 15.3 Å². The van der Waals surface area contributed by atoms with Gasteiger partial charge in [-0.05, 0) is 37.2 Å². The molecular formula is C20H30N4O3. The minimum atomic E-state index is -0.386. The van der Waals surface area contributed by atoms with Gasteiger partial charge in [0.25, 0.3) is 5.69 Å². The van der Waals surface area contributed by atoms with Gasteiger partial charge in [0.1, 0.15) is 0 Å². The summed E-state index contributed by atoms with van der Waals surface area (Å²) >= 11 is 0. The lowest BCUT2D eigenvalue weighted by atomic mass is 9.89. The number of nitro groups is 1. The van der Waals surface area contributed by atoms with E-state index in [1.54, 1.807) is 12.1 Å². The number of hydrogen-bond acceptors (Lipinski definition) is 4. The second kappa shape index (κ2) is 9.69. The molecule has 0 amide bonds. The molecule has 1 aromatic rings. The van der Waals surface area contributed by atoms with Gasteiger partial charge in [0.2, 0.25) is 0 Å². The van der Waals surface area contributed by atoms with E-state index in [1.165, 1.54) is 44.2 Å². The van der Waals surface area contributed by atoms with Crippen LogP contribution in [0, 0.1) is 16.0 Å². The first-order chi connectivity index (χ1) is 13.1. The fourth-order valence-corrected chi connectivity index (χ4v) is 3.86. The van der Waals surface area contributed by atoms with Crippen molar-refractivity contribution in [3.63, 3.8) is 0 Å². The van der Waals surface area contributed by atoms with E-state index >= 15 is 0 Å². The Morgan fingerprint density at radius 2 is 1.81 bits per heavy atom. The van der Waals surface area contributed by atoms with E-state index in [0.717, 1.165) is 44.0 Å². The summed E-state index contributed by atoms with van der Waals surface area (Å²) in [4.78, 5) is 17.4. The minimum absolute atomic E-state index is 0.100. The molecule has 0 unspecified atom stereocenters. The highest BCUT2D eigenvalue weighted by Crippen LogP contribution is 2.23. The van der Waals surface area contributed by atoms with E-state index in [-0.39, 0.29) is 16.7 Å². The van der Waals surface area contributed by atoms with E-state index in [1.807, 2.05) is 0 Å². The van der Waals surface area contributed by atoms with E-state index in [4.69, 9.17) is 4.99 Å². The number of likely N-dealkylation sites (tertiary alicyclic amines) is 1. The summed E-state index contributed by atoms with van der Waals surface area (Å²) in [6.45, 7) is 3.04. The number of guanidine groups is 1. The zero-order valence-electron chi connectivity index (χ0n) is 15.8. The number of benzene rings is 1. The maximum Gasteiger partial charge on any atom is 0.269 e. The Balaban J connectivity index is 1.63. The van der Waals surface area contributed by atoms with Crippen molar-refractivity contribution in [2.45, 2.75) is 57.6 Å². The largest absolute Gasteiger partial charge is 0.393 e. The average Bonchev–Trinajstić information content (AvgIpc) is 2.70. The molecule has 27 heavy (non-hydrogen) atoms. The number of non-ortho nitro benzene ring substituents is 1. The molecular weight excluding hydrogens is 344 g/mol. The lowest BCUT2D eigenvalue weighted by Crippen LogP contribution is -2.47. The molecule has 7 heteroatoms. The second-order valence-corrected chi connectivity index (χ2v) is 7.67. The van der Waals surface area contributed by atoms with Crippen LogP contribution in [0.5, 0.6) is 0 Å². The number of nitrogens with one attached hydrogen (secondary N) is 1. The highest BCUT2D eigenvalue weighted by molar-refractivity contribution is 5.80. The van der Waals surface area contributed by atoms with Crippen LogP contribution in [0.2, 0.25) is 0 Å². The predicted octanol–water partition coefficient (Wildman–Crippen LogP) is 3.08. The molecule has 2 N–H and O–H groups in total. The molecule has 1 aliphatic heterocycles. The molecule has 1 aliphatic carbocycles. The summed E-state index contributed by atoms with van der Waals surface area (Å²) in [6, 6.07) is 6.58. The standard InChI is InChI=1S/C20H30N4O3/c25-19-10-12-23(13-11-19)20(21-14-16-4-2-1-3-5-16)22-15-17-6-8-18(9-7-17)24(26)27/h6-9,16,19,25H,1-5,10-15H2,(H,21,22). The third kappa shape index (κ3) is 5.92. The second-order valence-electron chi connectivity index (χ2n) is 7.67. The Kier molecular flexibility index (Phi) is 7.04. The highest BCUT2D eigenvalue weighted by Gasteiger charge is 2.21. The molecule has 0 atom stereocenters. The van der Waals surface area contributed by atoms with Gasteiger partial charge in [-0.3, -0.25) is 10.1 Å². The number of rotatable bonds is 5. The van der Waals surface area contributed by atoms with Crippen LogP contribution in [-0.4, -0.2) is 46.6 Å². The molecule has 2 fully saturated rings. The first-order valence-electron chi connectivity index (χ1n) is 10.1. The van der Waals surface area contributed by atoms with Gasteiger partial charge in [-0.15, -0.1) is 0 Å². The van der Waals surface area contributed by atoms with Crippen molar-refractivity contribution in [2.75, 3.05) is 19.6 Å². The van der Waals surface area contributed by atoms with Crippen molar-refractivity contribution in [3.8, 4) is 0 Å². The van der Waals surface area contributed by atoms with Gasteiger partial charge >= 0.3 is 0 Å². The first kappa shape index (κ1) is 19.6. The highest BCUT2D eigenvalue weighted by atomic mass is 16.6. The van der Waals surface area contributed by atoms with Gasteiger partial charge in [0.15, 0.2) is 5.96 Å². The molecule has 0 aromatic heterocycles. The Bertz CT molecular complexity index is 633. The van der Waals surface area contributed by atoms with Crippen LogP contribution in [0.4, 0.5) is 5.69 Å². The summed E-state index contributed by atoms with van der Waals surface area (Å²) in [5.41, 5.74) is 1.05. The predicted molar refractivity (Wildman–Crippen MR) is 106 cm³/mol. The summed E-state index contributed by atoms with van der Waals surface area (Å²) < 4.78 is 0. The van der Waals surface area contributed by atoms with Crippen molar-refractivity contribution in [2.24, 2.45) is 10.9 Å². The SMILES string of the molecule is O=[N+]([O-])c1ccc(CN=C(NCC2CCCCC2)N2CCC(O)CC2)cc1. The molecule has 0 spiro atoms. The number of nitrogens with zero attached hydrogens (tertiary/aromatic N) is 3. The van der Waals surface area contributed by atoms with Crippen molar-refractivity contribution >= 4 is 11.6 Å². The fraction of sp³-hybridized carbons (Fsp3) is 0.650. The molecule has 7 nitrogen and oxygen atoms in total. The van der Waals surface area contributed by atoms with Crippen molar-refractivity contribution in [1.29, 1.82) is 0 Å². The van der Waals surface area contributed by atoms with Crippen LogP contribution in [0.3, 0.4) is 0 Å². The minimum Gasteiger partial charge on any atom is -0.393 e. The number of aliphatic imine (C=N–C) groups is 1. The Hall–Kier alpha value is -2.15. The Morgan fingerprint density at radius 1 is 1.15 bits per heavy atom. The van der Waals surface area contributed by atoms with E-state index in [0.29, 0.717) is 12.5 Å². The summed E-state index contributed by atoms with van der Waals surface area (Å²) in [5, 5.41) is 24.1. The lowest BCUT2D eigenvalue weighted by molar-refractivity contribution is -0.384. The van der Waals surface area contributed by atoms with Gasteiger partial charge in [0.05, 0.1) is 17.6 Å². The zero-order chi connectivity index (χ0) is 19.1. The van der Waals surface area contributed by atoms with E-state index in [9.17, 15) is 15.2 Å². The molecule has 1 saturated carbocycles. The van der Waals surface area contributed by atoms with E-state index in [2.05, 4.69) is 10.2 Å². The van der Waals surface area contributed by atoms with Gasteiger partial charge in [0, 0.05) is 31.8 Å². The smallest absolute Gasteiger partial charge is 0.269 e. The average molecular weight is 374 g/mol. The van der Waals surface area contributed by atoms with E-state index < -0.39 is 0 Å². The van der Waals surface area contributed by atoms with Gasteiger partial charge in [-0.2, -0.15) is 0 Å². The number of hydrogen-bond donors (Lipinski definition) is 2. The van der Waals surface area contributed by atoms with Crippen molar-refractivity contribution in [1.82, 2.24) is 10.2 Å². The normalized spacial score (nSPS) is 19.9. The molecule has 0 radical (unpaired) electrons. The summed E-state index contributed by atoms with van der Waals surface area (Å²) in [6.07, 6.45) is 7.86. The fourth-order valence-electron chi connectivity index (χ4n) is 3.86. The third-order valence-electron chi connectivity index (χ3n) is 5.60. The van der Waals surface area contributed by atoms with Crippen LogP contribution in [-0.2, 0) is 6.54 Å². The molecule has 148 valence electrons. The monoisotopic (exact) mass is 374 g/mol. The maximum atomic E-state index is 10.8. The summed E-state index contributed by atoms with van der Waals surface area (Å²) in [7, 11) is 0. The molecule has 2 aliphatic rings. The van der Waals surface area contributed by atoms with Crippen LogP contribution in [0.15, 0.2) is 29.3 Å². The molecule has 3 rings (SSSR count). The number of aliphatic hydroxyl groups excluding tert-OH is 1. The van der Waals surface area contributed by atoms with Crippen molar-refractivity contribution < 1.29 is 10.0 Å². The van der Waals surface area contributed by atoms with Crippen LogP contribution >= 0.6 is 0 Å². The summed E-state index contributed by atoms with van der Waals surface area (Å²) in [5.74, 6) is 1.60. The third-order valence-corrected chi connectivity index (χ3v) is 5.60. The van der Waals surface area contributed by atoms with Gasteiger partial charge in [-0.1, -0.05) is 31.4 Å². The molecule has 0 bridgehead atoms. The Labute approximate surface area is 160 Å². The van der Waals surface area contributed by atoms with Crippen LogP contribution in [0.1, 0.15) is 50.5 Å². The molecule has 1 saturated heterocycles.